The zero-order valence-electron chi connectivity index (χ0n) is 18.4. The molecule has 2 heterocycles. The smallest absolute Gasteiger partial charge is 0.219 e. The van der Waals surface area contributed by atoms with E-state index in [4.69, 9.17) is 14.2 Å². The zero-order chi connectivity index (χ0) is 21.7. The summed E-state index contributed by atoms with van der Waals surface area (Å²) in [6.07, 6.45) is 3.72. The zero-order valence-corrected chi connectivity index (χ0v) is 20.7. The van der Waals surface area contributed by atoms with Crippen molar-refractivity contribution in [3.05, 3.63) is 54.0 Å². The number of pyridine rings is 1. The summed E-state index contributed by atoms with van der Waals surface area (Å²) in [7, 11) is 0. The van der Waals surface area contributed by atoms with Gasteiger partial charge in [0.2, 0.25) is 5.88 Å². The molecule has 176 valence electrons. The molecule has 1 unspecified atom stereocenters. The Morgan fingerprint density at radius 1 is 1.28 bits per heavy atom. The summed E-state index contributed by atoms with van der Waals surface area (Å²) in [5.41, 5.74) is 0.950. The van der Waals surface area contributed by atoms with Gasteiger partial charge in [0.1, 0.15) is 11.6 Å². The second kappa shape index (κ2) is 15.0. The molecule has 7 nitrogen and oxygen atoms in total. The molecule has 0 spiro atoms. The number of halogens is 2. The predicted molar refractivity (Wildman–Crippen MR) is 133 cm³/mol. The maximum absolute atomic E-state index is 13.2. The summed E-state index contributed by atoms with van der Waals surface area (Å²) in [6.45, 7) is 7.26. The molecule has 9 heteroatoms. The van der Waals surface area contributed by atoms with Crippen molar-refractivity contribution in [2.45, 2.75) is 26.3 Å². The lowest BCUT2D eigenvalue weighted by atomic mass is 10.1. The molecule has 1 aromatic carbocycles. The van der Waals surface area contributed by atoms with Gasteiger partial charge in [-0.1, -0.05) is 12.1 Å². The van der Waals surface area contributed by atoms with E-state index in [1.54, 1.807) is 24.4 Å². The molecule has 3 rings (SSSR count). The van der Waals surface area contributed by atoms with Crippen molar-refractivity contribution in [2.24, 2.45) is 10.9 Å². The summed E-state index contributed by atoms with van der Waals surface area (Å²) in [5.74, 6) is 1.78. The van der Waals surface area contributed by atoms with Crippen LogP contribution in [0.2, 0.25) is 0 Å². The summed E-state index contributed by atoms with van der Waals surface area (Å²) >= 11 is 0. The topological polar surface area (TPSA) is 77.0 Å². The third kappa shape index (κ3) is 9.66. The quantitative estimate of drug-likeness (QED) is 0.187. The normalized spacial score (nSPS) is 15.8. The van der Waals surface area contributed by atoms with Gasteiger partial charge in [-0.15, -0.1) is 24.0 Å². The molecule has 0 radical (unpaired) electrons. The Kier molecular flexibility index (Phi) is 12.3. The van der Waals surface area contributed by atoms with Crippen molar-refractivity contribution in [1.82, 2.24) is 15.6 Å². The highest BCUT2D eigenvalue weighted by molar-refractivity contribution is 14.0. The van der Waals surface area contributed by atoms with E-state index in [-0.39, 0.29) is 29.8 Å². The number of ether oxygens (including phenoxy) is 3. The molecule has 1 aliphatic heterocycles. The minimum atomic E-state index is -0.345. The molecule has 0 aliphatic carbocycles. The molecule has 1 saturated heterocycles. The lowest BCUT2D eigenvalue weighted by Gasteiger charge is -2.12. The predicted octanol–water partition coefficient (Wildman–Crippen LogP) is 4.13. The maximum atomic E-state index is 13.2. The first-order valence-electron chi connectivity index (χ1n) is 10.8. The average Bonchev–Trinajstić information content (AvgIpc) is 3.29. The Balaban J connectivity index is 0.00000363. The van der Waals surface area contributed by atoms with Crippen LogP contribution in [0.15, 0.2) is 47.6 Å². The van der Waals surface area contributed by atoms with Gasteiger partial charge in [0.05, 0.1) is 19.8 Å². The minimum Gasteiger partial charge on any atom is -0.439 e. The molecular weight excluding hydrogens is 526 g/mol. The Hall–Kier alpha value is -1.98. The fourth-order valence-electron chi connectivity index (χ4n) is 3.07. The van der Waals surface area contributed by atoms with E-state index in [1.807, 2.05) is 13.0 Å². The van der Waals surface area contributed by atoms with Crippen LogP contribution in [0, 0.1) is 11.7 Å². The van der Waals surface area contributed by atoms with E-state index in [0.29, 0.717) is 24.1 Å². The number of hydrogen-bond acceptors (Lipinski definition) is 5. The van der Waals surface area contributed by atoms with Crippen LogP contribution in [0.4, 0.5) is 4.39 Å². The van der Waals surface area contributed by atoms with E-state index in [1.165, 1.54) is 12.1 Å². The van der Waals surface area contributed by atoms with Crippen molar-refractivity contribution < 1.29 is 18.6 Å². The van der Waals surface area contributed by atoms with Gasteiger partial charge in [0.15, 0.2) is 5.96 Å². The summed E-state index contributed by atoms with van der Waals surface area (Å²) in [6, 6.07) is 9.63. The van der Waals surface area contributed by atoms with Crippen LogP contribution in [0.3, 0.4) is 0 Å². The number of aliphatic imine (C=N–C) groups is 1. The number of aromatic nitrogens is 1. The number of guanidine groups is 1. The largest absolute Gasteiger partial charge is 0.439 e. The summed E-state index contributed by atoms with van der Waals surface area (Å²) < 4.78 is 29.9. The van der Waals surface area contributed by atoms with Gasteiger partial charge >= 0.3 is 0 Å². The first-order valence-corrected chi connectivity index (χ1v) is 10.8. The highest BCUT2D eigenvalue weighted by Gasteiger charge is 2.15. The molecule has 2 N–H and O–H groups in total. The molecule has 1 atom stereocenters. The Bertz CT molecular complexity index is 817. The van der Waals surface area contributed by atoms with Crippen LogP contribution in [-0.2, 0) is 16.0 Å². The number of nitrogens with one attached hydrogen (secondary N) is 2. The first-order chi connectivity index (χ1) is 15.2. The summed E-state index contributed by atoms with van der Waals surface area (Å²) in [5, 5.41) is 6.56. The van der Waals surface area contributed by atoms with E-state index in [9.17, 15) is 4.39 Å². The fraction of sp³-hybridized carbons (Fsp3) is 0.478. The average molecular weight is 558 g/mol. The van der Waals surface area contributed by atoms with Gasteiger partial charge in [0, 0.05) is 50.6 Å². The summed E-state index contributed by atoms with van der Waals surface area (Å²) in [4.78, 5) is 8.87. The fourth-order valence-corrected chi connectivity index (χ4v) is 3.07. The van der Waals surface area contributed by atoms with Crippen molar-refractivity contribution in [3.63, 3.8) is 0 Å². The van der Waals surface area contributed by atoms with Gasteiger partial charge in [-0.3, -0.25) is 0 Å². The third-order valence-electron chi connectivity index (χ3n) is 4.72. The molecule has 1 aromatic heterocycles. The van der Waals surface area contributed by atoms with Crippen LogP contribution in [-0.4, -0.2) is 50.5 Å². The van der Waals surface area contributed by atoms with Gasteiger partial charge in [0.25, 0.3) is 0 Å². The van der Waals surface area contributed by atoms with E-state index >= 15 is 0 Å². The SMILES string of the molecule is CCNC(=NCc1ccc(Oc2cccc(F)c2)nc1)NCCCOCC1CCOC1.I. The van der Waals surface area contributed by atoms with Crippen LogP contribution in [0.5, 0.6) is 11.6 Å². The van der Waals surface area contributed by atoms with E-state index in [0.717, 1.165) is 63.9 Å². The highest BCUT2D eigenvalue weighted by atomic mass is 127. The molecule has 32 heavy (non-hydrogen) atoms. The Morgan fingerprint density at radius 3 is 2.91 bits per heavy atom. The molecule has 1 fully saturated rings. The van der Waals surface area contributed by atoms with Crippen LogP contribution in [0.1, 0.15) is 25.3 Å². The Morgan fingerprint density at radius 2 is 2.19 bits per heavy atom. The highest BCUT2D eigenvalue weighted by Crippen LogP contribution is 2.20. The van der Waals surface area contributed by atoms with Crippen molar-refractivity contribution >= 4 is 29.9 Å². The molecule has 0 bridgehead atoms. The number of benzene rings is 1. The minimum absolute atomic E-state index is 0. The number of rotatable bonds is 11. The number of hydrogen-bond donors (Lipinski definition) is 2. The lowest BCUT2D eigenvalue weighted by Crippen LogP contribution is -2.38. The second-order valence-electron chi connectivity index (χ2n) is 7.34. The van der Waals surface area contributed by atoms with Crippen molar-refractivity contribution in [1.29, 1.82) is 0 Å². The van der Waals surface area contributed by atoms with Gasteiger partial charge in [-0.2, -0.15) is 0 Å². The van der Waals surface area contributed by atoms with E-state index in [2.05, 4.69) is 20.6 Å². The maximum Gasteiger partial charge on any atom is 0.219 e. The van der Waals surface area contributed by atoms with Crippen molar-refractivity contribution in [3.8, 4) is 11.6 Å². The van der Waals surface area contributed by atoms with Crippen LogP contribution < -0.4 is 15.4 Å². The van der Waals surface area contributed by atoms with Gasteiger partial charge < -0.3 is 24.8 Å². The van der Waals surface area contributed by atoms with Crippen LogP contribution >= 0.6 is 24.0 Å². The second-order valence-corrected chi connectivity index (χ2v) is 7.34. The third-order valence-corrected chi connectivity index (χ3v) is 4.72. The standard InChI is InChI=1S/C23H31FN4O3.HI/c1-2-25-23(26-10-4-11-29-16-19-9-12-30-17-19)28-15-18-7-8-22(27-14-18)31-21-6-3-5-20(24)13-21;/h3,5-8,13-14,19H,2,4,9-12,15-17H2,1H3,(H2,25,26,28);1H. The van der Waals surface area contributed by atoms with Crippen LogP contribution in [0.25, 0.3) is 0 Å². The monoisotopic (exact) mass is 558 g/mol. The molecule has 1 aliphatic rings. The number of nitrogens with zero attached hydrogens (tertiary/aromatic N) is 2. The van der Waals surface area contributed by atoms with Gasteiger partial charge in [-0.05, 0) is 37.5 Å². The van der Waals surface area contributed by atoms with Crippen molar-refractivity contribution in [2.75, 3.05) is 39.5 Å². The lowest BCUT2D eigenvalue weighted by molar-refractivity contribution is 0.0888. The molecule has 2 aromatic rings. The first kappa shape index (κ1) is 26.3. The Labute approximate surface area is 206 Å². The molecule has 0 saturated carbocycles. The van der Waals surface area contributed by atoms with Gasteiger partial charge in [-0.25, -0.2) is 14.4 Å². The molecular formula is C23H32FIN4O3. The van der Waals surface area contributed by atoms with E-state index < -0.39 is 0 Å². The molecule has 0 amide bonds.